The lowest BCUT2D eigenvalue weighted by Crippen LogP contribution is -2.37. The maximum atomic E-state index is 11.4. The number of urea groups is 1. The van der Waals surface area contributed by atoms with E-state index >= 15 is 0 Å². The second-order valence-electron chi connectivity index (χ2n) is 3.40. The molecular formula is C10H11ClN4O4. The van der Waals surface area contributed by atoms with Gasteiger partial charge >= 0.3 is 6.03 Å². The van der Waals surface area contributed by atoms with E-state index in [0.717, 1.165) is 6.07 Å². The van der Waals surface area contributed by atoms with Crippen molar-refractivity contribution in [1.29, 1.82) is 0 Å². The molecule has 1 aromatic carbocycles. The van der Waals surface area contributed by atoms with E-state index in [9.17, 15) is 19.7 Å². The van der Waals surface area contributed by atoms with Gasteiger partial charge in [-0.05, 0) is 12.1 Å². The summed E-state index contributed by atoms with van der Waals surface area (Å²) in [5.41, 5.74) is -0.115. The molecule has 1 aromatic rings. The van der Waals surface area contributed by atoms with E-state index in [1.807, 2.05) is 0 Å². The highest BCUT2D eigenvalue weighted by atomic mass is 35.5. The quantitative estimate of drug-likeness (QED) is 0.568. The Morgan fingerprint density at radius 1 is 1.42 bits per heavy atom. The summed E-state index contributed by atoms with van der Waals surface area (Å²) in [6.07, 6.45) is 0. The zero-order valence-corrected chi connectivity index (χ0v) is 10.7. The molecule has 0 bridgehead atoms. The summed E-state index contributed by atoms with van der Waals surface area (Å²) < 4.78 is 0. The van der Waals surface area contributed by atoms with Gasteiger partial charge in [0.2, 0.25) is 5.91 Å². The number of anilines is 1. The number of likely N-dealkylation sites (N-methyl/N-ethyl adjacent to an activating group) is 1. The first-order valence-electron chi connectivity index (χ1n) is 5.13. The maximum absolute atomic E-state index is 11.4. The molecule has 19 heavy (non-hydrogen) atoms. The van der Waals surface area contributed by atoms with E-state index in [1.165, 1.54) is 19.2 Å². The molecule has 0 saturated heterocycles. The summed E-state index contributed by atoms with van der Waals surface area (Å²) in [6, 6.07) is 3.19. The summed E-state index contributed by atoms with van der Waals surface area (Å²) in [4.78, 5) is 32.3. The third-order valence-corrected chi connectivity index (χ3v) is 2.41. The standard InChI is InChI=1S/C10H11ClN4O4/c1-12-9(16)5-13-10(17)14-6-2-3-7(11)8(4-6)15(18)19/h2-4H,5H2,1H3,(H,12,16)(H2,13,14,17). The van der Waals surface area contributed by atoms with Crippen LogP contribution in [0, 0.1) is 10.1 Å². The Bertz CT molecular complexity index is 520. The fourth-order valence-corrected chi connectivity index (χ4v) is 1.34. The highest BCUT2D eigenvalue weighted by Crippen LogP contribution is 2.27. The topological polar surface area (TPSA) is 113 Å². The van der Waals surface area contributed by atoms with Gasteiger partial charge in [0, 0.05) is 18.8 Å². The molecular weight excluding hydrogens is 276 g/mol. The first kappa shape index (κ1) is 14.7. The van der Waals surface area contributed by atoms with Gasteiger partial charge in [0.25, 0.3) is 5.69 Å². The number of carbonyl (C=O) groups is 2. The SMILES string of the molecule is CNC(=O)CNC(=O)Nc1ccc(Cl)c([N+](=O)[O-])c1. The van der Waals surface area contributed by atoms with Crippen LogP contribution in [0.1, 0.15) is 0 Å². The van der Waals surface area contributed by atoms with E-state index < -0.39 is 11.0 Å². The predicted octanol–water partition coefficient (Wildman–Crippen LogP) is 1.12. The number of rotatable bonds is 4. The van der Waals surface area contributed by atoms with E-state index in [2.05, 4.69) is 16.0 Å². The molecule has 0 radical (unpaired) electrons. The summed E-state index contributed by atoms with van der Waals surface area (Å²) >= 11 is 5.63. The molecule has 9 heteroatoms. The normalized spacial score (nSPS) is 9.58. The van der Waals surface area contributed by atoms with Crippen molar-refractivity contribution < 1.29 is 14.5 Å². The van der Waals surface area contributed by atoms with Crippen LogP contribution in [0.15, 0.2) is 18.2 Å². The molecule has 0 spiro atoms. The van der Waals surface area contributed by atoms with Crippen LogP contribution in [-0.2, 0) is 4.79 Å². The smallest absolute Gasteiger partial charge is 0.319 e. The zero-order valence-electron chi connectivity index (χ0n) is 9.90. The van der Waals surface area contributed by atoms with Crippen molar-refractivity contribution in [1.82, 2.24) is 10.6 Å². The van der Waals surface area contributed by atoms with Crippen LogP contribution >= 0.6 is 11.6 Å². The van der Waals surface area contributed by atoms with Crippen LogP contribution in [-0.4, -0.2) is 30.5 Å². The highest BCUT2D eigenvalue weighted by molar-refractivity contribution is 6.32. The van der Waals surface area contributed by atoms with Crippen LogP contribution in [0.3, 0.4) is 0 Å². The number of benzene rings is 1. The summed E-state index contributed by atoms with van der Waals surface area (Å²) in [7, 11) is 1.43. The number of amides is 3. The molecule has 0 fully saturated rings. The molecule has 3 N–H and O–H groups in total. The average Bonchev–Trinajstić information content (AvgIpc) is 2.37. The highest BCUT2D eigenvalue weighted by Gasteiger charge is 2.13. The van der Waals surface area contributed by atoms with Gasteiger partial charge in [-0.25, -0.2) is 4.79 Å². The number of nitro benzene ring substituents is 1. The van der Waals surface area contributed by atoms with E-state index in [1.54, 1.807) is 0 Å². The molecule has 1 rings (SSSR count). The lowest BCUT2D eigenvalue weighted by molar-refractivity contribution is -0.384. The monoisotopic (exact) mass is 286 g/mol. The van der Waals surface area contributed by atoms with Crippen molar-refractivity contribution in [2.75, 3.05) is 18.9 Å². The fourth-order valence-electron chi connectivity index (χ4n) is 1.15. The maximum Gasteiger partial charge on any atom is 0.319 e. The Morgan fingerprint density at radius 3 is 2.68 bits per heavy atom. The lowest BCUT2D eigenvalue weighted by atomic mass is 10.3. The van der Waals surface area contributed by atoms with Gasteiger partial charge in [-0.2, -0.15) is 0 Å². The number of hydrogen-bond acceptors (Lipinski definition) is 4. The number of nitrogens with one attached hydrogen (secondary N) is 3. The molecule has 0 aliphatic carbocycles. The molecule has 0 saturated carbocycles. The first-order chi connectivity index (χ1) is 8.93. The molecule has 8 nitrogen and oxygen atoms in total. The Hall–Kier alpha value is -2.35. The summed E-state index contributed by atoms with van der Waals surface area (Å²) in [6.45, 7) is -0.196. The number of carbonyl (C=O) groups excluding carboxylic acids is 2. The molecule has 0 aliphatic rings. The molecule has 0 aliphatic heterocycles. The zero-order chi connectivity index (χ0) is 14.4. The minimum Gasteiger partial charge on any atom is -0.358 e. The van der Waals surface area contributed by atoms with Crippen molar-refractivity contribution in [3.63, 3.8) is 0 Å². The minimum absolute atomic E-state index is 0.0266. The Balaban J connectivity index is 2.67. The van der Waals surface area contributed by atoms with Gasteiger partial charge in [0.05, 0.1) is 11.5 Å². The number of nitro groups is 1. The predicted molar refractivity (Wildman–Crippen MR) is 69.2 cm³/mol. The fraction of sp³-hybridized carbons (Fsp3) is 0.200. The van der Waals surface area contributed by atoms with Crippen molar-refractivity contribution in [2.24, 2.45) is 0 Å². The third-order valence-electron chi connectivity index (χ3n) is 2.09. The van der Waals surface area contributed by atoms with Crippen molar-refractivity contribution in [3.8, 4) is 0 Å². The van der Waals surface area contributed by atoms with E-state index in [4.69, 9.17) is 11.6 Å². The van der Waals surface area contributed by atoms with Crippen molar-refractivity contribution in [2.45, 2.75) is 0 Å². The second-order valence-corrected chi connectivity index (χ2v) is 3.81. The number of halogens is 1. The molecule has 3 amide bonds. The van der Waals surface area contributed by atoms with Crippen LogP contribution in [0.2, 0.25) is 5.02 Å². The summed E-state index contributed by atoms with van der Waals surface area (Å²) in [5.74, 6) is -0.364. The lowest BCUT2D eigenvalue weighted by Gasteiger charge is -2.07. The second kappa shape index (κ2) is 6.55. The van der Waals surface area contributed by atoms with Crippen molar-refractivity contribution in [3.05, 3.63) is 33.3 Å². The molecule has 0 unspecified atom stereocenters. The van der Waals surface area contributed by atoms with Gasteiger partial charge in [-0.3, -0.25) is 14.9 Å². The Labute approximate surface area is 113 Å². The van der Waals surface area contributed by atoms with E-state index in [0.29, 0.717) is 0 Å². The number of hydrogen-bond donors (Lipinski definition) is 3. The summed E-state index contributed by atoms with van der Waals surface area (Å²) in [5, 5.41) is 17.6. The largest absolute Gasteiger partial charge is 0.358 e. The van der Waals surface area contributed by atoms with Crippen LogP contribution in [0.5, 0.6) is 0 Å². The number of nitrogens with zero attached hydrogens (tertiary/aromatic N) is 1. The first-order valence-corrected chi connectivity index (χ1v) is 5.51. The van der Waals surface area contributed by atoms with Gasteiger partial charge in [0.15, 0.2) is 0 Å². The van der Waals surface area contributed by atoms with E-state index in [-0.39, 0.29) is 28.8 Å². The Kier molecular flexibility index (Phi) is 5.07. The van der Waals surface area contributed by atoms with Crippen molar-refractivity contribution >= 4 is 34.9 Å². The molecule has 102 valence electrons. The van der Waals surface area contributed by atoms with Crippen LogP contribution in [0.4, 0.5) is 16.2 Å². The van der Waals surface area contributed by atoms with Gasteiger partial charge in [-0.1, -0.05) is 11.6 Å². The third kappa shape index (κ3) is 4.43. The molecule has 0 aromatic heterocycles. The minimum atomic E-state index is -0.657. The van der Waals surface area contributed by atoms with Crippen LogP contribution < -0.4 is 16.0 Å². The Morgan fingerprint density at radius 2 is 2.11 bits per heavy atom. The molecule has 0 heterocycles. The van der Waals surface area contributed by atoms with Gasteiger partial charge in [0.1, 0.15) is 5.02 Å². The average molecular weight is 287 g/mol. The molecule has 0 atom stereocenters. The van der Waals surface area contributed by atoms with Crippen LogP contribution in [0.25, 0.3) is 0 Å². The van der Waals surface area contributed by atoms with Gasteiger partial charge < -0.3 is 16.0 Å². The van der Waals surface area contributed by atoms with Gasteiger partial charge in [-0.15, -0.1) is 0 Å².